The van der Waals surface area contributed by atoms with Gasteiger partial charge in [-0.15, -0.1) is 0 Å². The van der Waals surface area contributed by atoms with Gasteiger partial charge in [0, 0.05) is 37.4 Å². The molecule has 0 N–H and O–H groups in total. The first-order valence-electron chi connectivity index (χ1n) is 12.3. The van der Waals surface area contributed by atoms with Gasteiger partial charge in [0.15, 0.2) is 0 Å². The first kappa shape index (κ1) is 23.2. The summed E-state index contributed by atoms with van der Waals surface area (Å²) in [6.07, 6.45) is 3.10. The Kier molecular flexibility index (Phi) is 6.36. The second-order valence-corrected chi connectivity index (χ2v) is 9.55. The topological polar surface area (TPSA) is 73.4 Å². The highest BCUT2D eigenvalue weighted by Crippen LogP contribution is 2.39. The van der Waals surface area contributed by atoms with Crippen LogP contribution in [0, 0.1) is 0 Å². The van der Waals surface area contributed by atoms with Crippen LogP contribution in [0.15, 0.2) is 54.6 Å². The number of hydrogen-bond donors (Lipinski definition) is 0. The molecule has 0 aliphatic carbocycles. The predicted molar refractivity (Wildman–Crippen MR) is 132 cm³/mol. The number of methoxy groups -OCH3 is 1. The lowest BCUT2D eigenvalue weighted by molar-refractivity contribution is -0.140. The van der Waals surface area contributed by atoms with Crippen molar-refractivity contribution in [1.82, 2.24) is 14.7 Å². The number of nitrogens with zero attached hydrogens (tertiary/aromatic N) is 4. The average molecular weight is 477 g/mol. The summed E-state index contributed by atoms with van der Waals surface area (Å²) in [5.74, 6) is 0.677. The molecular formula is C27H32N4O4. The Bertz CT molecular complexity index is 1070. The fourth-order valence-electron chi connectivity index (χ4n) is 5.55. The van der Waals surface area contributed by atoms with Crippen molar-refractivity contribution in [2.45, 2.75) is 31.2 Å². The molecule has 1 spiro atoms. The molecule has 0 unspecified atom stereocenters. The molecule has 3 amide bonds. The van der Waals surface area contributed by atoms with Crippen LogP contribution in [0.2, 0.25) is 0 Å². The third-order valence-electron chi connectivity index (χ3n) is 7.58. The van der Waals surface area contributed by atoms with Crippen LogP contribution in [-0.2, 0) is 9.59 Å². The fourth-order valence-corrected chi connectivity index (χ4v) is 5.55. The van der Waals surface area contributed by atoms with Crippen LogP contribution in [0.1, 0.15) is 36.0 Å². The first-order chi connectivity index (χ1) is 17.0. The van der Waals surface area contributed by atoms with Crippen LogP contribution in [-0.4, -0.2) is 84.5 Å². The zero-order valence-electron chi connectivity index (χ0n) is 20.2. The van der Waals surface area contributed by atoms with Gasteiger partial charge in [0.05, 0.1) is 13.8 Å². The second kappa shape index (κ2) is 9.60. The largest absolute Gasteiger partial charge is 0.497 e. The van der Waals surface area contributed by atoms with Gasteiger partial charge in [-0.25, -0.2) is 0 Å². The number of hydrogen-bond acceptors (Lipinski definition) is 5. The van der Waals surface area contributed by atoms with Gasteiger partial charge in [-0.1, -0.05) is 18.2 Å². The van der Waals surface area contributed by atoms with E-state index in [0.29, 0.717) is 43.9 Å². The van der Waals surface area contributed by atoms with Gasteiger partial charge < -0.3 is 24.3 Å². The molecule has 8 heteroatoms. The lowest BCUT2D eigenvalue weighted by Crippen LogP contribution is -2.57. The number of carbonyl (C=O) groups is 3. The van der Waals surface area contributed by atoms with E-state index in [1.807, 2.05) is 40.1 Å². The van der Waals surface area contributed by atoms with Crippen molar-refractivity contribution >= 4 is 23.4 Å². The van der Waals surface area contributed by atoms with Gasteiger partial charge in [0.1, 0.15) is 17.8 Å². The summed E-state index contributed by atoms with van der Waals surface area (Å²) >= 11 is 0. The molecule has 0 aromatic heterocycles. The minimum atomic E-state index is -0.747. The van der Waals surface area contributed by atoms with Crippen molar-refractivity contribution in [2.75, 3.05) is 51.4 Å². The smallest absolute Gasteiger partial charge is 0.253 e. The number of piperidine rings is 1. The summed E-state index contributed by atoms with van der Waals surface area (Å²) in [5.41, 5.74) is 0.827. The number of ether oxygens (including phenoxy) is 1. The van der Waals surface area contributed by atoms with Gasteiger partial charge in [-0.2, -0.15) is 0 Å². The highest BCUT2D eigenvalue weighted by Gasteiger charge is 2.54. The molecule has 184 valence electrons. The van der Waals surface area contributed by atoms with Crippen LogP contribution in [0.25, 0.3) is 0 Å². The zero-order valence-corrected chi connectivity index (χ0v) is 20.2. The van der Waals surface area contributed by atoms with E-state index in [2.05, 4.69) is 4.90 Å². The maximum atomic E-state index is 13.8. The van der Waals surface area contributed by atoms with E-state index in [9.17, 15) is 14.4 Å². The molecule has 0 radical (unpaired) electrons. The fraction of sp³-hybridized carbons (Fsp3) is 0.444. The predicted octanol–water partition coefficient (Wildman–Crippen LogP) is 2.60. The molecule has 2 aromatic carbocycles. The lowest BCUT2D eigenvalue weighted by Gasteiger charge is -2.43. The van der Waals surface area contributed by atoms with Crippen LogP contribution < -0.4 is 9.64 Å². The maximum Gasteiger partial charge on any atom is 0.253 e. The van der Waals surface area contributed by atoms with E-state index in [1.54, 1.807) is 36.3 Å². The van der Waals surface area contributed by atoms with E-state index in [0.717, 1.165) is 31.6 Å². The summed E-state index contributed by atoms with van der Waals surface area (Å²) in [4.78, 5) is 47.3. The molecule has 5 rings (SSSR count). The number of para-hydroxylation sites is 1. The minimum absolute atomic E-state index is 0.00885. The SMILES string of the molecule is COc1ccc(C(=O)N2CCC3(CC2)C(=O)N(CC(=O)N2CCCC2)CN3c2ccccc2)cc1. The van der Waals surface area contributed by atoms with Crippen molar-refractivity contribution in [1.29, 1.82) is 0 Å². The highest BCUT2D eigenvalue weighted by molar-refractivity contribution is 5.97. The third-order valence-corrected chi connectivity index (χ3v) is 7.58. The van der Waals surface area contributed by atoms with Crippen molar-refractivity contribution in [3.8, 4) is 5.75 Å². The van der Waals surface area contributed by atoms with Crippen LogP contribution >= 0.6 is 0 Å². The lowest BCUT2D eigenvalue weighted by atomic mass is 9.85. The molecule has 2 aromatic rings. The number of likely N-dealkylation sites (tertiary alicyclic amines) is 2. The summed E-state index contributed by atoms with van der Waals surface area (Å²) in [7, 11) is 1.60. The van der Waals surface area contributed by atoms with Gasteiger partial charge in [-0.05, 0) is 62.1 Å². The molecule has 35 heavy (non-hydrogen) atoms. The highest BCUT2D eigenvalue weighted by atomic mass is 16.5. The zero-order chi connectivity index (χ0) is 24.4. The number of anilines is 1. The number of amides is 3. The Morgan fingerprint density at radius 3 is 2.17 bits per heavy atom. The van der Waals surface area contributed by atoms with E-state index in [-0.39, 0.29) is 24.3 Å². The van der Waals surface area contributed by atoms with Crippen molar-refractivity contribution in [3.05, 3.63) is 60.2 Å². The quantitative estimate of drug-likeness (QED) is 0.663. The molecule has 3 saturated heterocycles. The van der Waals surface area contributed by atoms with E-state index >= 15 is 0 Å². The van der Waals surface area contributed by atoms with Gasteiger partial charge >= 0.3 is 0 Å². The second-order valence-electron chi connectivity index (χ2n) is 9.55. The van der Waals surface area contributed by atoms with Crippen molar-refractivity contribution < 1.29 is 19.1 Å². The van der Waals surface area contributed by atoms with E-state index in [1.165, 1.54) is 0 Å². The normalized spacial score (nSPS) is 19.5. The maximum absolute atomic E-state index is 13.8. The Morgan fingerprint density at radius 2 is 1.54 bits per heavy atom. The Hall–Kier alpha value is -3.55. The molecule has 3 heterocycles. The van der Waals surface area contributed by atoms with Crippen LogP contribution in [0.3, 0.4) is 0 Å². The van der Waals surface area contributed by atoms with Crippen LogP contribution in [0.4, 0.5) is 5.69 Å². The van der Waals surface area contributed by atoms with E-state index in [4.69, 9.17) is 4.74 Å². The summed E-state index contributed by atoms with van der Waals surface area (Å²) in [6, 6.07) is 17.0. The third kappa shape index (κ3) is 4.33. The van der Waals surface area contributed by atoms with Gasteiger partial charge in [0.25, 0.3) is 11.8 Å². The molecule has 0 bridgehead atoms. The average Bonchev–Trinajstić information content (AvgIpc) is 3.53. The molecule has 0 saturated carbocycles. The number of benzene rings is 2. The van der Waals surface area contributed by atoms with Crippen LogP contribution in [0.5, 0.6) is 5.75 Å². The standard InChI is InChI=1S/C27H32N4O4/c1-35-23-11-9-21(10-12-23)25(33)29-17-13-27(14-18-29)26(34)30(19-24(32)28-15-5-6-16-28)20-31(27)22-7-3-2-4-8-22/h2-4,7-12H,5-6,13-20H2,1H3. The molecular weight excluding hydrogens is 444 g/mol. The molecule has 3 aliphatic rings. The molecule has 8 nitrogen and oxygen atoms in total. The summed E-state index contributed by atoms with van der Waals surface area (Å²) < 4.78 is 5.19. The Balaban J connectivity index is 1.34. The monoisotopic (exact) mass is 476 g/mol. The summed E-state index contributed by atoms with van der Waals surface area (Å²) in [6.45, 7) is 3.00. The van der Waals surface area contributed by atoms with Gasteiger partial charge in [0.2, 0.25) is 5.91 Å². The molecule has 3 fully saturated rings. The van der Waals surface area contributed by atoms with Crippen molar-refractivity contribution in [2.24, 2.45) is 0 Å². The molecule has 3 aliphatic heterocycles. The van der Waals surface area contributed by atoms with Crippen molar-refractivity contribution in [3.63, 3.8) is 0 Å². The van der Waals surface area contributed by atoms with E-state index < -0.39 is 5.54 Å². The molecule has 0 atom stereocenters. The van der Waals surface area contributed by atoms with Gasteiger partial charge in [-0.3, -0.25) is 14.4 Å². The minimum Gasteiger partial charge on any atom is -0.497 e. The number of carbonyl (C=O) groups excluding carboxylic acids is 3. The number of rotatable bonds is 5. The Morgan fingerprint density at radius 1 is 0.886 bits per heavy atom. The summed E-state index contributed by atoms with van der Waals surface area (Å²) in [5, 5.41) is 0. The first-order valence-corrected chi connectivity index (χ1v) is 12.3. The Labute approximate surface area is 206 Å².